The molecule has 0 aliphatic rings. The first-order valence-electron chi connectivity index (χ1n) is 1.12. The molecule has 1 N–H and O–H groups in total. The van der Waals surface area contributed by atoms with E-state index in [2.05, 4.69) is 12.3 Å². The Hall–Kier alpha value is -0.750. The van der Waals surface area contributed by atoms with Crippen LogP contribution < -0.4 is 5.54 Å². The number of hydrogen-bond donors (Lipinski definition) is 1. The molecule has 0 unspecified atom stereocenters. The summed E-state index contributed by atoms with van der Waals surface area (Å²) in [5, 5.41) is 0. The van der Waals surface area contributed by atoms with Gasteiger partial charge in [0, 0.05) is 0 Å². The standard InChI is InChI=1S/C3H4FN/c1-2-3-5-4/h3,5H,1H2. The fourth-order valence-electron chi connectivity index (χ4n) is 0.0386. The molecule has 0 aliphatic carbocycles. The van der Waals surface area contributed by atoms with E-state index in [1.165, 1.54) is 5.54 Å². The van der Waals surface area contributed by atoms with Gasteiger partial charge in [-0.2, -0.15) is 0 Å². The van der Waals surface area contributed by atoms with Gasteiger partial charge in [0.25, 0.3) is 0 Å². The predicted octanol–water partition coefficient (Wildman–Crippen LogP) is 0.759. The molecule has 0 heterocycles. The van der Waals surface area contributed by atoms with Crippen molar-refractivity contribution in [1.82, 2.24) is 5.54 Å². The van der Waals surface area contributed by atoms with E-state index < -0.39 is 0 Å². The maximum atomic E-state index is 10.6. The summed E-state index contributed by atoms with van der Waals surface area (Å²) in [6.45, 7) is 3.07. The highest BCUT2D eigenvalue weighted by Gasteiger charge is 1.45. The highest BCUT2D eigenvalue weighted by Crippen LogP contribution is 1.48. The van der Waals surface area contributed by atoms with Crippen LogP contribution in [-0.4, -0.2) is 0 Å². The Morgan fingerprint density at radius 3 is 2.60 bits per heavy atom. The van der Waals surface area contributed by atoms with Crippen molar-refractivity contribution in [3.63, 3.8) is 0 Å². The Bertz CT molecular complexity index is 53.9. The zero-order valence-electron chi connectivity index (χ0n) is 2.66. The lowest BCUT2D eigenvalue weighted by molar-refractivity contribution is 0.407. The Balaban J connectivity index is 2.93. The SMILES string of the molecule is C=C=CNF. The van der Waals surface area contributed by atoms with Crippen molar-refractivity contribution in [2.75, 3.05) is 0 Å². The largest absolute Gasteiger partial charge is 0.224 e. The molecule has 0 aromatic carbocycles. The van der Waals surface area contributed by atoms with Crippen LogP contribution in [0.2, 0.25) is 0 Å². The van der Waals surface area contributed by atoms with Gasteiger partial charge in [0.1, 0.15) is 0 Å². The van der Waals surface area contributed by atoms with Crippen LogP contribution in [0.25, 0.3) is 0 Å². The molecule has 0 aliphatic heterocycles. The van der Waals surface area contributed by atoms with Gasteiger partial charge < -0.3 is 0 Å². The first kappa shape index (κ1) is 4.25. The Morgan fingerprint density at radius 1 is 2.00 bits per heavy atom. The predicted molar refractivity (Wildman–Crippen MR) is 18.0 cm³/mol. The average Bonchev–Trinajstić information content (AvgIpc) is 1.41. The van der Waals surface area contributed by atoms with Crippen molar-refractivity contribution in [3.05, 3.63) is 18.5 Å². The van der Waals surface area contributed by atoms with Gasteiger partial charge in [0.2, 0.25) is 0 Å². The minimum absolute atomic E-state index is 0.972. The topological polar surface area (TPSA) is 12.0 Å². The average molecular weight is 73.1 g/mol. The van der Waals surface area contributed by atoms with E-state index in [9.17, 15) is 4.48 Å². The van der Waals surface area contributed by atoms with Crippen LogP contribution in [0.5, 0.6) is 0 Å². The molecule has 2 heteroatoms. The molecule has 0 saturated heterocycles. The van der Waals surface area contributed by atoms with Crippen molar-refractivity contribution >= 4 is 0 Å². The second-order valence-corrected chi connectivity index (χ2v) is 0.458. The van der Waals surface area contributed by atoms with E-state index in [1.807, 2.05) is 0 Å². The normalized spacial score (nSPS) is 5.00. The Labute approximate surface area is 29.7 Å². The van der Waals surface area contributed by atoms with Gasteiger partial charge in [0.15, 0.2) is 0 Å². The fraction of sp³-hybridized carbons (Fsp3) is 0. The van der Waals surface area contributed by atoms with E-state index in [1.54, 1.807) is 0 Å². The van der Waals surface area contributed by atoms with E-state index in [0.717, 1.165) is 6.20 Å². The molecule has 0 aromatic heterocycles. The van der Waals surface area contributed by atoms with Crippen LogP contribution in [0, 0.1) is 0 Å². The van der Waals surface area contributed by atoms with Crippen LogP contribution in [0.15, 0.2) is 18.5 Å². The minimum Gasteiger partial charge on any atom is -0.224 e. The lowest BCUT2D eigenvalue weighted by Crippen LogP contribution is -1.78. The third-order valence-corrected chi connectivity index (χ3v) is 0.157. The summed E-state index contributed by atoms with van der Waals surface area (Å²) in [6.07, 6.45) is 0.972. The molecule has 0 atom stereocenters. The van der Waals surface area contributed by atoms with Gasteiger partial charge in [-0.05, 0) is 0 Å². The Morgan fingerprint density at radius 2 is 2.60 bits per heavy atom. The van der Waals surface area contributed by atoms with Crippen LogP contribution in [0.1, 0.15) is 0 Å². The molecule has 1 nitrogen and oxygen atoms in total. The molecular formula is C3H4FN. The summed E-state index contributed by atoms with van der Waals surface area (Å²) in [4.78, 5) is 0. The van der Waals surface area contributed by atoms with Crippen molar-refractivity contribution < 1.29 is 4.48 Å². The fourth-order valence-corrected chi connectivity index (χ4v) is 0.0386. The second kappa shape index (κ2) is 3.25. The van der Waals surface area contributed by atoms with Crippen LogP contribution in [-0.2, 0) is 0 Å². The lowest BCUT2D eigenvalue weighted by Gasteiger charge is -1.64. The summed E-state index contributed by atoms with van der Waals surface area (Å²) in [6, 6.07) is 0. The summed E-state index contributed by atoms with van der Waals surface area (Å²) in [5.74, 6) is 0. The monoisotopic (exact) mass is 73.0 g/mol. The van der Waals surface area contributed by atoms with Crippen LogP contribution in [0.3, 0.4) is 0 Å². The molecule has 0 amide bonds. The molecule has 0 aromatic rings. The third kappa shape index (κ3) is 3.25. The minimum atomic E-state index is 0.972. The number of hydrogen-bond acceptors (Lipinski definition) is 1. The summed E-state index contributed by atoms with van der Waals surface area (Å²) < 4.78 is 10.6. The molecule has 28 valence electrons. The molecule has 0 saturated carbocycles. The van der Waals surface area contributed by atoms with Crippen molar-refractivity contribution in [2.24, 2.45) is 0 Å². The van der Waals surface area contributed by atoms with Gasteiger partial charge in [-0.15, -0.1) is 10.2 Å². The molecule has 5 heavy (non-hydrogen) atoms. The highest BCUT2D eigenvalue weighted by molar-refractivity contribution is 4.67. The van der Waals surface area contributed by atoms with Gasteiger partial charge in [-0.25, -0.2) is 5.54 Å². The van der Waals surface area contributed by atoms with E-state index in [4.69, 9.17) is 0 Å². The third-order valence-electron chi connectivity index (χ3n) is 0.157. The van der Waals surface area contributed by atoms with Crippen LogP contribution in [0.4, 0.5) is 4.48 Å². The molecule has 0 radical (unpaired) electrons. The molecule has 0 bridgehead atoms. The first-order valence-corrected chi connectivity index (χ1v) is 1.12. The smallest absolute Gasteiger partial charge is 0.0706 e. The van der Waals surface area contributed by atoms with Gasteiger partial charge >= 0.3 is 0 Å². The zero-order valence-corrected chi connectivity index (χ0v) is 2.66. The number of nitrogens with one attached hydrogen (secondary N) is 1. The van der Waals surface area contributed by atoms with Crippen molar-refractivity contribution in [3.8, 4) is 0 Å². The first-order chi connectivity index (χ1) is 2.41. The molecular weight excluding hydrogens is 69.0 g/mol. The maximum absolute atomic E-state index is 10.6. The van der Waals surface area contributed by atoms with Gasteiger partial charge in [-0.1, -0.05) is 6.58 Å². The second-order valence-electron chi connectivity index (χ2n) is 0.458. The lowest BCUT2D eigenvalue weighted by atomic mass is 10.9. The quantitative estimate of drug-likeness (QED) is 0.357. The zero-order chi connectivity index (χ0) is 4.12. The summed E-state index contributed by atoms with van der Waals surface area (Å²) in [7, 11) is 0. The number of halogens is 1. The van der Waals surface area contributed by atoms with Crippen molar-refractivity contribution in [2.45, 2.75) is 0 Å². The van der Waals surface area contributed by atoms with Gasteiger partial charge in [0.05, 0.1) is 6.20 Å². The van der Waals surface area contributed by atoms with Crippen LogP contribution >= 0.6 is 0 Å². The summed E-state index contributed by atoms with van der Waals surface area (Å²) >= 11 is 0. The Kier molecular flexibility index (Phi) is 2.76. The van der Waals surface area contributed by atoms with E-state index in [0.29, 0.717) is 0 Å². The van der Waals surface area contributed by atoms with Crippen molar-refractivity contribution in [1.29, 1.82) is 0 Å². The van der Waals surface area contributed by atoms with E-state index >= 15 is 0 Å². The molecule has 0 rings (SSSR count). The molecule has 0 spiro atoms. The number of rotatable bonds is 1. The molecule has 0 fully saturated rings. The maximum Gasteiger partial charge on any atom is 0.0706 e. The van der Waals surface area contributed by atoms with Gasteiger partial charge in [-0.3, -0.25) is 0 Å². The van der Waals surface area contributed by atoms with E-state index in [-0.39, 0.29) is 0 Å². The highest BCUT2D eigenvalue weighted by atomic mass is 19.2. The summed E-state index contributed by atoms with van der Waals surface area (Å²) in [5.41, 5.74) is 3.38.